The zero-order valence-corrected chi connectivity index (χ0v) is 16.0. The summed E-state index contributed by atoms with van der Waals surface area (Å²) in [5.41, 5.74) is 3.90. The van der Waals surface area contributed by atoms with Crippen molar-refractivity contribution in [3.8, 4) is 0 Å². The number of allylic oxidation sites excluding steroid dienone is 4. The first-order valence-corrected chi connectivity index (χ1v) is 12.6. The Kier molecular flexibility index (Phi) is 4.50. The molecule has 3 aliphatic rings. The van der Waals surface area contributed by atoms with Gasteiger partial charge in [-0.05, 0) is 34.9 Å². The summed E-state index contributed by atoms with van der Waals surface area (Å²) in [6.45, 7) is 10.1. The van der Waals surface area contributed by atoms with Crippen LogP contribution in [0.2, 0.25) is 18.6 Å². The Morgan fingerprint density at radius 3 is 2.54 bits per heavy atom. The molecule has 1 saturated heterocycles. The van der Waals surface area contributed by atoms with Gasteiger partial charge in [0.1, 0.15) is 8.24 Å². The number of hydrogen-bond acceptors (Lipinski definition) is 2. The summed E-state index contributed by atoms with van der Waals surface area (Å²) < 4.78 is 2.87. The third-order valence-electron chi connectivity index (χ3n) is 6.67. The van der Waals surface area contributed by atoms with Crippen molar-refractivity contribution in [3.63, 3.8) is 0 Å². The van der Waals surface area contributed by atoms with Gasteiger partial charge in [0.2, 0.25) is 0 Å². The monoisotopic (exact) mass is 338 g/mol. The van der Waals surface area contributed by atoms with E-state index in [-0.39, 0.29) is 0 Å². The summed E-state index contributed by atoms with van der Waals surface area (Å²) >= 11 is 0. The van der Waals surface area contributed by atoms with Crippen LogP contribution in [0.3, 0.4) is 0 Å². The summed E-state index contributed by atoms with van der Waals surface area (Å²) in [7, 11) is -1.39. The molecular formula is C21H30N2Si. The Morgan fingerprint density at radius 2 is 1.79 bits per heavy atom. The second kappa shape index (κ2) is 6.62. The molecule has 2 fully saturated rings. The largest absolute Gasteiger partial charge is 0.321 e. The van der Waals surface area contributed by atoms with Gasteiger partial charge in [-0.25, -0.2) is 0 Å². The quantitative estimate of drug-likeness (QED) is 0.833. The Hall–Kier alpha value is -1.16. The van der Waals surface area contributed by atoms with Crippen LogP contribution in [0, 0.1) is 11.8 Å². The van der Waals surface area contributed by atoms with E-state index in [1.54, 1.807) is 5.57 Å². The second-order valence-corrected chi connectivity index (χ2v) is 12.8. The molecule has 3 heteroatoms. The maximum Gasteiger partial charge on any atom is 0.126 e. The fourth-order valence-corrected chi connectivity index (χ4v) is 9.31. The van der Waals surface area contributed by atoms with Gasteiger partial charge in [0.25, 0.3) is 0 Å². The maximum atomic E-state index is 3.52. The molecular weight excluding hydrogens is 308 g/mol. The fraction of sp³-hybridized carbons (Fsp3) is 0.524. The van der Waals surface area contributed by atoms with E-state index in [1.165, 1.54) is 44.6 Å². The average Bonchev–Trinajstić information content (AvgIpc) is 3.08. The van der Waals surface area contributed by atoms with Crippen molar-refractivity contribution in [1.29, 1.82) is 0 Å². The molecule has 3 unspecified atom stereocenters. The number of nitrogens with one attached hydrogen (secondary N) is 1. The van der Waals surface area contributed by atoms with Crippen molar-refractivity contribution in [1.82, 2.24) is 9.88 Å². The van der Waals surface area contributed by atoms with E-state index in [2.05, 4.69) is 71.5 Å². The maximum absolute atomic E-state index is 3.52. The van der Waals surface area contributed by atoms with Crippen LogP contribution in [0.4, 0.5) is 0 Å². The molecule has 128 valence electrons. The minimum absolute atomic E-state index is 0.733. The molecule has 2 aliphatic carbocycles. The van der Waals surface area contributed by atoms with Crippen molar-refractivity contribution in [2.75, 3.05) is 26.2 Å². The minimum atomic E-state index is -1.39. The van der Waals surface area contributed by atoms with Crippen molar-refractivity contribution >= 4 is 13.8 Å². The standard InChI is InChI=1S/C21H30N2Si/c1-24(2,23-15-13-22-14-16-23)21-12-11-19-18(9-6-10-20(19)21)17-7-4-3-5-8-17/h3-10,19-22H,11-16H2,1-2H3. The number of piperazine rings is 1. The molecule has 1 aromatic rings. The highest BCUT2D eigenvalue weighted by molar-refractivity contribution is 6.76. The van der Waals surface area contributed by atoms with Crippen LogP contribution in [0.25, 0.3) is 5.57 Å². The van der Waals surface area contributed by atoms with Gasteiger partial charge in [-0.15, -0.1) is 0 Å². The molecule has 1 saturated carbocycles. The van der Waals surface area contributed by atoms with Gasteiger partial charge in [-0.3, -0.25) is 0 Å². The fourth-order valence-electron chi connectivity index (χ4n) is 5.31. The van der Waals surface area contributed by atoms with Crippen LogP contribution in [0.5, 0.6) is 0 Å². The molecule has 3 atom stereocenters. The first-order chi connectivity index (χ1) is 11.7. The summed E-state index contributed by atoms with van der Waals surface area (Å²) in [6.07, 6.45) is 10.0. The molecule has 4 rings (SSSR count). The number of fused-ring (bicyclic) bond motifs is 1. The summed E-state index contributed by atoms with van der Waals surface area (Å²) in [6, 6.07) is 11.0. The summed E-state index contributed by atoms with van der Waals surface area (Å²) in [5, 5.41) is 3.52. The molecule has 0 aromatic heterocycles. The Morgan fingerprint density at radius 1 is 1.04 bits per heavy atom. The van der Waals surface area contributed by atoms with Gasteiger partial charge in [0, 0.05) is 26.2 Å². The lowest BCUT2D eigenvalue weighted by atomic mass is 9.81. The van der Waals surface area contributed by atoms with E-state index in [1.807, 2.05) is 0 Å². The van der Waals surface area contributed by atoms with E-state index in [4.69, 9.17) is 0 Å². The van der Waals surface area contributed by atoms with Gasteiger partial charge < -0.3 is 9.88 Å². The van der Waals surface area contributed by atoms with Crippen molar-refractivity contribution < 1.29 is 0 Å². The topological polar surface area (TPSA) is 15.3 Å². The van der Waals surface area contributed by atoms with Crippen LogP contribution >= 0.6 is 0 Å². The molecule has 0 radical (unpaired) electrons. The number of rotatable bonds is 3. The Bertz CT molecular complexity index is 628. The zero-order valence-electron chi connectivity index (χ0n) is 15.0. The van der Waals surface area contributed by atoms with Crippen molar-refractivity contribution in [3.05, 3.63) is 54.1 Å². The minimum Gasteiger partial charge on any atom is -0.321 e. The smallest absolute Gasteiger partial charge is 0.126 e. The lowest BCUT2D eigenvalue weighted by Crippen LogP contribution is -2.59. The number of benzene rings is 1. The van der Waals surface area contributed by atoms with Crippen LogP contribution in [-0.2, 0) is 0 Å². The normalized spacial score (nSPS) is 30.9. The van der Waals surface area contributed by atoms with Crippen LogP contribution < -0.4 is 5.32 Å². The molecule has 1 heterocycles. The molecule has 0 bridgehead atoms. The molecule has 1 aromatic carbocycles. The van der Waals surface area contributed by atoms with Gasteiger partial charge in [0.05, 0.1) is 0 Å². The van der Waals surface area contributed by atoms with E-state index in [0.717, 1.165) is 17.4 Å². The van der Waals surface area contributed by atoms with E-state index < -0.39 is 8.24 Å². The third-order valence-corrected chi connectivity index (χ3v) is 11.2. The third kappa shape index (κ3) is 2.83. The summed E-state index contributed by atoms with van der Waals surface area (Å²) in [4.78, 5) is 0. The lowest BCUT2D eigenvalue weighted by molar-refractivity contribution is 0.347. The van der Waals surface area contributed by atoms with Crippen molar-refractivity contribution in [2.45, 2.75) is 31.5 Å². The molecule has 0 amide bonds. The van der Waals surface area contributed by atoms with E-state index in [0.29, 0.717) is 0 Å². The highest BCUT2D eigenvalue weighted by Gasteiger charge is 2.48. The molecule has 2 nitrogen and oxygen atoms in total. The first-order valence-electron chi connectivity index (χ1n) is 9.57. The highest BCUT2D eigenvalue weighted by Crippen LogP contribution is 2.54. The molecule has 1 N–H and O–H groups in total. The number of nitrogens with zero attached hydrogens (tertiary/aromatic N) is 1. The van der Waals surface area contributed by atoms with Gasteiger partial charge in [0.15, 0.2) is 0 Å². The van der Waals surface area contributed by atoms with Crippen LogP contribution in [0.1, 0.15) is 18.4 Å². The van der Waals surface area contributed by atoms with Crippen molar-refractivity contribution in [2.24, 2.45) is 11.8 Å². The van der Waals surface area contributed by atoms with Gasteiger partial charge in [-0.2, -0.15) is 0 Å². The lowest BCUT2D eigenvalue weighted by Gasteiger charge is -2.45. The SMILES string of the molecule is C[Si](C)(C1CCC2C(c3ccccc3)=CC=CC21)N1CCNCC1. The average molecular weight is 339 g/mol. The van der Waals surface area contributed by atoms with Gasteiger partial charge >= 0.3 is 0 Å². The molecule has 1 aliphatic heterocycles. The van der Waals surface area contributed by atoms with E-state index in [9.17, 15) is 0 Å². The van der Waals surface area contributed by atoms with Crippen LogP contribution in [0.15, 0.2) is 48.6 Å². The molecule has 24 heavy (non-hydrogen) atoms. The predicted octanol–water partition coefficient (Wildman–Crippen LogP) is 4.15. The van der Waals surface area contributed by atoms with Gasteiger partial charge in [-0.1, -0.05) is 68.1 Å². The predicted molar refractivity (Wildman–Crippen MR) is 105 cm³/mol. The highest BCUT2D eigenvalue weighted by atomic mass is 28.3. The van der Waals surface area contributed by atoms with Crippen LogP contribution in [-0.4, -0.2) is 39.0 Å². The Labute approximate surface area is 147 Å². The summed E-state index contributed by atoms with van der Waals surface area (Å²) in [5.74, 6) is 1.49. The molecule has 0 spiro atoms. The first kappa shape index (κ1) is 16.3. The number of hydrogen-bond donors (Lipinski definition) is 1. The van der Waals surface area contributed by atoms with E-state index >= 15 is 0 Å². The Balaban J connectivity index is 1.57. The second-order valence-electron chi connectivity index (χ2n) is 8.13. The zero-order chi connectivity index (χ0) is 16.6.